The van der Waals surface area contributed by atoms with Crippen molar-refractivity contribution in [2.24, 2.45) is 0 Å². The minimum atomic E-state index is -0.433. The zero-order chi connectivity index (χ0) is 19.3. The highest BCUT2D eigenvalue weighted by molar-refractivity contribution is 5.93. The minimum absolute atomic E-state index is 0.0929. The van der Waals surface area contributed by atoms with Gasteiger partial charge in [-0.15, -0.1) is 0 Å². The van der Waals surface area contributed by atoms with Gasteiger partial charge >= 0.3 is 5.63 Å². The molecular formula is C22H21NO5. The molecular weight excluding hydrogens is 358 g/mol. The first-order valence-corrected chi connectivity index (χ1v) is 9.33. The van der Waals surface area contributed by atoms with E-state index in [2.05, 4.69) is 5.32 Å². The Kier molecular flexibility index (Phi) is 5.39. The molecule has 1 unspecified atom stereocenters. The fraction of sp³-hybridized carbons (Fsp3) is 0.273. The van der Waals surface area contributed by atoms with Crippen molar-refractivity contribution in [3.05, 3.63) is 65.0 Å². The molecule has 1 atom stereocenters. The van der Waals surface area contributed by atoms with Gasteiger partial charge in [0.05, 0.1) is 6.10 Å². The number of carbonyl (C=O) groups is 1. The number of benzene rings is 2. The molecule has 4 rings (SSSR count). The second-order valence-corrected chi connectivity index (χ2v) is 6.73. The fourth-order valence-corrected chi connectivity index (χ4v) is 3.32. The maximum absolute atomic E-state index is 12.0. The number of nitrogens with one attached hydrogen (secondary N) is 1. The van der Waals surface area contributed by atoms with Crippen LogP contribution in [0.4, 0.5) is 0 Å². The number of amides is 1. The molecule has 3 aromatic rings. The van der Waals surface area contributed by atoms with E-state index in [1.165, 1.54) is 6.07 Å². The average molecular weight is 379 g/mol. The number of fused-ring (bicyclic) bond motifs is 1. The Balaban J connectivity index is 1.47. The van der Waals surface area contributed by atoms with Gasteiger partial charge in [0.1, 0.15) is 11.3 Å². The van der Waals surface area contributed by atoms with E-state index in [-0.39, 0.29) is 18.6 Å². The topological polar surface area (TPSA) is 77.8 Å². The first kappa shape index (κ1) is 18.3. The Bertz CT molecular complexity index is 1020. The third-order valence-electron chi connectivity index (χ3n) is 4.72. The number of carbonyl (C=O) groups excluding carboxylic acids is 1. The summed E-state index contributed by atoms with van der Waals surface area (Å²) >= 11 is 0. The van der Waals surface area contributed by atoms with E-state index in [9.17, 15) is 9.59 Å². The van der Waals surface area contributed by atoms with Crippen LogP contribution in [-0.2, 0) is 9.53 Å². The van der Waals surface area contributed by atoms with Crippen LogP contribution in [0.3, 0.4) is 0 Å². The molecule has 6 nitrogen and oxygen atoms in total. The predicted molar refractivity (Wildman–Crippen MR) is 105 cm³/mol. The first-order chi connectivity index (χ1) is 13.7. The second kappa shape index (κ2) is 8.27. The van der Waals surface area contributed by atoms with Gasteiger partial charge in [0.25, 0.3) is 5.91 Å². The van der Waals surface area contributed by atoms with Gasteiger partial charge in [0.2, 0.25) is 0 Å². The quantitative estimate of drug-likeness (QED) is 0.666. The molecule has 28 heavy (non-hydrogen) atoms. The van der Waals surface area contributed by atoms with Gasteiger partial charge < -0.3 is 19.2 Å². The average Bonchev–Trinajstić information content (AvgIpc) is 3.24. The third kappa shape index (κ3) is 4.23. The molecule has 144 valence electrons. The standard InChI is InChI=1S/C22H21NO5/c24-21(23-13-17-7-4-10-26-17)14-27-16-8-9-18-19(15-5-2-1-3-6-15)12-22(25)28-20(18)11-16/h1-3,5-6,8-9,11-12,17H,4,7,10,13-14H2,(H,23,24). The van der Waals surface area contributed by atoms with Crippen molar-refractivity contribution in [3.63, 3.8) is 0 Å². The first-order valence-electron chi connectivity index (χ1n) is 9.33. The van der Waals surface area contributed by atoms with E-state index in [0.717, 1.165) is 36.0 Å². The molecule has 1 fully saturated rings. The van der Waals surface area contributed by atoms with Crippen molar-refractivity contribution in [2.75, 3.05) is 19.8 Å². The lowest BCUT2D eigenvalue weighted by atomic mass is 10.0. The molecule has 0 bridgehead atoms. The van der Waals surface area contributed by atoms with Crippen molar-refractivity contribution in [1.29, 1.82) is 0 Å². The summed E-state index contributed by atoms with van der Waals surface area (Å²) < 4.78 is 16.4. The Hall–Kier alpha value is -3.12. The van der Waals surface area contributed by atoms with Gasteiger partial charge in [-0.3, -0.25) is 4.79 Å². The largest absolute Gasteiger partial charge is 0.484 e. The van der Waals surface area contributed by atoms with Crippen LogP contribution in [0, 0.1) is 0 Å². The molecule has 0 radical (unpaired) electrons. The highest BCUT2D eigenvalue weighted by Gasteiger charge is 2.16. The molecule has 0 aliphatic carbocycles. The maximum Gasteiger partial charge on any atom is 0.336 e. The smallest absolute Gasteiger partial charge is 0.336 e. The van der Waals surface area contributed by atoms with Gasteiger partial charge in [0, 0.05) is 30.7 Å². The summed E-state index contributed by atoms with van der Waals surface area (Å²) in [5.41, 5.74) is 1.72. The van der Waals surface area contributed by atoms with E-state index in [1.807, 2.05) is 36.4 Å². The molecule has 1 aromatic heterocycles. The van der Waals surface area contributed by atoms with Crippen LogP contribution in [0.15, 0.2) is 63.8 Å². The van der Waals surface area contributed by atoms with Crippen LogP contribution in [-0.4, -0.2) is 31.8 Å². The molecule has 1 amide bonds. The molecule has 0 saturated carbocycles. The minimum Gasteiger partial charge on any atom is -0.484 e. The van der Waals surface area contributed by atoms with E-state index in [4.69, 9.17) is 13.9 Å². The summed E-state index contributed by atoms with van der Waals surface area (Å²) in [5.74, 6) is 0.253. The highest BCUT2D eigenvalue weighted by Crippen LogP contribution is 2.29. The van der Waals surface area contributed by atoms with E-state index < -0.39 is 5.63 Å². The van der Waals surface area contributed by atoms with Crippen LogP contribution in [0.5, 0.6) is 5.75 Å². The van der Waals surface area contributed by atoms with Crippen LogP contribution >= 0.6 is 0 Å². The molecule has 2 aromatic carbocycles. The SMILES string of the molecule is O=C(COc1ccc2c(-c3ccccc3)cc(=O)oc2c1)NCC1CCCO1. The molecule has 1 aliphatic heterocycles. The summed E-state index contributed by atoms with van der Waals surface area (Å²) in [6, 6.07) is 16.4. The normalized spacial score (nSPS) is 16.2. The summed E-state index contributed by atoms with van der Waals surface area (Å²) in [7, 11) is 0. The van der Waals surface area contributed by atoms with Gasteiger partial charge in [-0.25, -0.2) is 4.79 Å². The Labute approximate surface area is 162 Å². The lowest BCUT2D eigenvalue weighted by Gasteiger charge is -2.12. The van der Waals surface area contributed by atoms with Crippen LogP contribution in [0.25, 0.3) is 22.1 Å². The van der Waals surface area contributed by atoms with Crippen molar-refractivity contribution < 1.29 is 18.7 Å². The summed E-state index contributed by atoms with van der Waals surface area (Å²) in [6.45, 7) is 1.14. The van der Waals surface area contributed by atoms with Gasteiger partial charge in [-0.1, -0.05) is 30.3 Å². The Morgan fingerprint density at radius 3 is 2.79 bits per heavy atom. The number of ether oxygens (including phenoxy) is 2. The molecule has 1 aliphatic rings. The summed E-state index contributed by atoms with van der Waals surface area (Å²) in [5, 5.41) is 3.62. The molecule has 1 N–H and O–H groups in total. The second-order valence-electron chi connectivity index (χ2n) is 6.73. The molecule has 1 saturated heterocycles. The van der Waals surface area contributed by atoms with Crippen LogP contribution in [0.1, 0.15) is 12.8 Å². The zero-order valence-electron chi connectivity index (χ0n) is 15.4. The maximum atomic E-state index is 12.0. The van der Waals surface area contributed by atoms with E-state index >= 15 is 0 Å². The zero-order valence-corrected chi connectivity index (χ0v) is 15.4. The Morgan fingerprint density at radius 2 is 2.00 bits per heavy atom. The predicted octanol–water partition coefficient (Wildman–Crippen LogP) is 3.13. The number of hydrogen-bond donors (Lipinski definition) is 1. The fourth-order valence-electron chi connectivity index (χ4n) is 3.32. The lowest BCUT2D eigenvalue weighted by molar-refractivity contribution is -0.123. The lowest BCUT2D eigenvalue weighted by Crippen LogP contribution is -2.35. The highest BCUT2D eigenvalue weighted by atomic mass is 16.5. The molecule has 0 spiro atoms. The van der Waals surface area contributed by atoms with Gasteiger partial charge in [-0.2, -0.15) is 0 Å². The van der Waals surface area contributed by atoms with E-state index in [1.54, 1.807) is 12.1 Å². The van der Waals surface area contributed by atoms with Gasteiger partial charge in [-0.05, 0) is 36.1 Å². The third-order valence-corrected chi connectivity index (χ3v) is 4.72. The number of hydrogen-bond acceptors (Lipinski definition) is 5. The van der Waals surface area contributed by atoms with Crippen molar-refractivity contribution in [2.45, 2.75) is 18.9 Å². The molecule has 6 heteroatoms. The van der Waals surface area contributed by atoms with Gasteiger partial charge in [0.15, 0.2) is 6.61 Å². The van der Waals surface area contributed by atoms with Crippen LogP contribution < -0.4 is 15.7 Å². The molecule has 2 heterocycles. The van der Waals surface area contributed by atoms with Crippen molar-refractivity contribution >= 4 is 16.9 Å². The van der Waals surface area contributed by atoms with E-state index in [0.29, 0.717) is 17.9 Å². The monoisotopic (exact) mass is 379 g/mol. The summed E-state index contributed by atoms with van der Waals surface area (Å²) in [4.78, 5) is 23.9. The number of rotatable bonds is 6. The van der Waals surface area contributed by atoms with Crippen molar-refractivity contribution in [1.82, 2.24) is 5.32 Å². The Morgan fingerprint density at radius 1 is 1.14 bits per heavy atom. The van der Waals surface area contributed by atoms with Crippen molar-refractivity contribution in [3.8, 4) is 16.9 Å². The van der Waals surface area contributed by atoms with Crippen LogP contribution in [0.2, 0.25) is 0 Å². The summed E-state index contributed by atoms with van der Waals surface area (Å²) in [6.07, 6.45) is 2.09.